The van der Waals surface area contributed by atoms with Gasteiger partial charge >= 0.3 is 5.97 Å². The lowest BCUT2D eigenvalue weighted by atomic mass is 9.94. The molecule has 1 aliphatic heterocycles. The number of ketones is 1. The number of carbonyl (C=O) groups excluding carboxylic acids is 3. The third-order valence-corrected chi connectivity index (χ3v) is 6.29. The summed E-state index contributed by atoms with van der Waals surface area (Å²) in [5.74, 6) is -0.573. The van der Waals surface area contributed by atoms with Crippen molar-refractivity contribution in [3.63, 3.8) is 0 Å². The summed E-state index contributed by atoms with van der Waals surface area (Å²) in [5.41, 5.74) is 1.11. The standard InChI is InChI=1S/C19H27N3O4S/c1-3-21-8-10-22(11-9-21)12-15(24)20-18-16(19(25)26-4-2)13-6-5-7-14(23)17(13)27-18/h3-12H2,1-2H3,(H,20,24). The number of esters is 1. The summed E-state index contributed by atoms with van der Waals surface area (Å²) in [6.07, 6.45) is 1.88. The molecule has 7 nitrogen and oxygen atoms in total. The minimum absolute atomic E-state index is 0.0444. The maximum absolute atomic E-state index is 12.6. The molecule has 1 fully saturated rings. The summed E-state index contributed by atoms with van der Waals surface area (Å²) < 4.78 is 5.17. The molecule has 2 aliphatic rings. The first-order valence-corrected chi connectivity index (χ1v) is 10.5. The maximum Gasteiger partial charge on any atom is 0.341 e. The second-order valence-corrected chi connectivity index (χ2v) is 7.89. The van der Waals surface area contributed by atoms with E-state index < -0.39 is 5.97 Å². The average Bonchev–Trinajstić information content (AvgIpc) is 3.02. The molecule has 148 valence electrons. The lowest BCUT2D eigenvalue weighted by Gasteiger charge is -2.33. The summed E-state index contributed by atoms with van der Waals surface area (Å²) >= 11 is 1.21. The van der Waals surface area contributed by atoms with E-state index in [0.29, 0.717) is 28.3 Å². The third-order valence-electron chi connectivity index (χ3n) is 5.10. The molecule has 0 bridgehead atoms. The first-order valence-electron chi connectivity index (χ1n) is 9.64. The fourth-order valence-electron chi connectivity index (χ4n) is 3.61. The molecule has 1 saturated heterocycles. The van der Waals surface area contributed by atoms with Crippen LogP contribution in [0.25, 0.3) is 0 Å². The Balaban J connectivity index is 1.73. The van der Waals surface area contributed by atoms with Gasteiger partial charge in [-0.1, -0.05) is 6.92 Å². The van der Waals surface area contributed by atoms with Crippen LogP contribution in [0.4, 0.5) is 5.00 Å². The molecular formula is C19H27N3O4S. The number of anilines is 1. The molecule has 2 heterocycles. The fourth-order valence-corrected chi connectivity index (χ4v) is 4.83. The molecule has 0 spiro atoms. The average molecular weight is 394 g/mol. The zero-order valence-electron chi connectivity index (χ0n) is 16.0. The highest BCUT2D eigenvalue weighted by molar-refractivity contribution is 7.18. The quantitative estimate of drug-likeness (QED) is 0.745. The van der Waals surface area contributed by atoms with Crippen molar-refractivity contribution in [2.75, 3.05) is 51.2 Å². The highest BCUT2D eigenvalue weighted by atomic mass is 32.1. The molecule has 1 aromatic rings. The summed E-state index contributed by atoms with van der Waals surface area (Å²) in [4.78, 5) is 42.3. The molecule has 1 amide bonds. The highest BCUT2D eigenvalue weighted by Crippen LogP contribution is 2.38. The Morgan fingerprint density at radius 1 is 1.11 bits per heavy atom. The van der Waals surface area contributed by atoms with E-state index in [1.165, 1.54) is 11.3 Å². The van der Waals surface area contributed by atoms with E-state index >= 15 is 0 Å². The zero-order chi connectivity index (χ0) is 19.4. The van der Waals surface area contributed by atoms with Crippen molar-refractivity contribution in [3.8, 4) is 0 Å². The number of piperazine rings is 1. The van der Waals surface area contributed by atoms with Crippen LogP contribution in [0, 0.1) is 0 Å². The van der Waals surface area contributed by atoms with Crippen molar-refractivity contribution in [2.24, 2.45) is 0 Å². The van der Waals surface area contributed by atoms with E-state index in [4.69, 9.17) is 4.74 Å². The molecule has 0 unspecified atom stereocenters. The van der Waals surface area contributed by atoms with Crippen LogP contribution >= 0.6 is 11.3 Å². The smallest absolute Gasteiger partial charge is 0.341 e. The number of Topliss-reactive ketones (excluding diaryl/α,β-unsaturated/α-hetero) is 1. The fraction of sp³-hybridized carbons (Fsp3) is 0.632. The molecule has 0 atom stereocenters. The van der Waals surface area contributed by atoms with Crippen LogP contribution in [0.5, 0.6) is 0 Å². The normalized spacial score (nSPS) is 18.2. The van der Waals surface area contributed by atoms with Crippen molar-refractivity contribution in [1.29, 1.82) is 0 Å². The van der Waals surface area contributed by atoms with Crippen molar-refractivity contribution in [1.82, 2.24) is 9.80 Å². The Bertz CT molecular complexity index is 723. The van der Waals surface area contributed by atoms with Crippen molar-refractivity contribution in [3.05, 3.63) is 16.0 Å². The van der Waals surface area contributed by atoms with Gasteiger partial charge in [0.2, 0.25) is 5.91 Å². The number of nitrogens with zero attached hydrogens (tertiary/aromatic N) is 2. The van der Waals surface area contributed by atoms with Gasteiger partial charge in [0, 0.05) is 32.6 Å². The van der Waals surface area contributed by atoms with E-state index in [1.807, 2.05) is 0 Å². The van der Waals surface area contributed by atoms with Gasteiger partial charge in [-0.2, -0.15) is 0 Å². The van der Waals surface area contributed by atoms with Crippen molar-refractivity contribution in [2.45, 2.75) is 33.1 Å². The molecule has 1 aliphatic carbocycles. The Hall–Kier alpha value is -1.77. The van der Waals surface area contributed by atoms with Crippen LogP contribution in [-0.2, 0) is 16.0 Å². The van der Waals surface area contributed by atoms with E-state index in [-0.39, 0.29) is 24.8 Å². The molecule has 0 aromatic carbocycles. The Morgan fingerprint density at radius 3 is 2.48 bits per heavy atom. The van der Waals surface area contributed by atoms with Crippen LogP contribution in [0.2, 0.25) is 0 Å². The van der Waals surface area contributed by atoms with Crippen LogP contribution in [0.3, 0.4) is 0 Å². The van der Waals surface area contributed by atoms with Gasteiger partial charge in [0.25, 0.3) is 0 Å². The highest BCUT2D eigenvalue weighted by Gasteiger charge is 2.31. The van der Waals surface area contributed by atoms with Crippen LogP contribution < -0.4 is 5.32 Å². The first-order chi connectivity index (χ1) is 13.0. The number of rotatable bonds is 6. The third kappa shape index (κ3) is 4.56. The molecule has 27 heavy (non-hydrogen) atoms. The largest absolute Gasteiger partial charge is 0.462 e. The van der Waals surface area contributed by atoms with E-state index in [9.17, 15) is 14.4 Å². The SMILES string of the molecule is CCOC(=O)c1c(NC(=O)CN2CCN(CC)CC2)sc2c1CCCC2=O. The predicted molar refractivity (Wildman–Crippen MR) is 105 cm³/mol. The Labute approximate surface area is 163 Å². The molecule has 0 saturated carbocycles. The van der Waals surface area contributed by atoms with Crippen LogP contribution in [-0.4, -0.2) is 73.3 Å². The first kappa shape index (κ1) is 20.0. The van der Waals surface area contributed by atoms with Gasteiger partial charge in [0.15, 0.2) is 5.78 Å². The number of hydrogen-bond donors (Lipinski definition) is 1. The number of fused-ring (bicyclic) bond motifs is 1. The van der Waals surface area contributed by atoms with E-state index in [1.54, 1.807) is 6.92 Å². The van der Waals surface area contributed by atoms with Gasteiger partial charge in [-0.05, 0) is 31.9 Å². The number of carbonyl (C=O) groups is 3. The molecule has 0 radical (unpaired) electrons. The molecule has 8 heteroatoms. The molecular weight excluding hydrogens is 366 g/mol. The summed E-state index contributed by atoms with van der Waals surface area (Å²) in [7, 11) is 0. The van der Waals surface area contributed by atoms with Gasteiger partial charge in [-0.15, -0.1) is 11.3 Å². The van der Waals surface area contributed by atoms with Gasteiger partial charge in [0.05, 0.1) is 23.6 Å². The van der Waals surface area contributed by atoms with Crippen LogP contribution in [0.15, 0.2) is 0 Å². The number of ether oxygens (including phenoxy) is 1. The van der Waals surface area contributed by atoms with Gasteiger partial charge in [0.1, 0.15) is 5.00 Å². The summed E-state index contributed by atoms with van der Waals surface area (Å²) in [6.45, 7) is 9.08. The molecule has 1 aromatic heterocycles. The minimum atomic E-state index is -0.462. The second-order valence-electron chi connectivity index (χ2n) is 6.87. The lowest BCUT2D eigenvalue weighted by Crippen LogP contribution is -2.48. The number of likely N-dealkylation sites (N-methyl/N-ethyl adjacent to an activating group) is 1. The molecule has 1 N–H and O–H groups in total. The summed E-state index contributed by atoms with van der Waals surface area (Å²) in [5, 5.41) is 3.32. The summed E-state index contributed by atoms with van der Waals surface area (Å²) in [6, 6.07) is 0. The number of hydrogen-bond acceptors (Lipinski definition) is 7. The lowest BCUT2D eigenvalue weighted by molar-refractivity contribution is -0.117. The molecule has 3 rings (SSSR count). The van der Waals surface area contributed by atoms with Crippen molar-refractivity contribution < 1.29 is 19.1 Å². The number of amides is 1. The second kappa shape index (κ2) is 8.95. The van der Waals surface area contributed by atoms with E-state index in [0.717, 1.165) is 44.7 Å². The maximum atomic E-state index is 12.6. The number of thiophene rings is 1. The topological polar surface area (TPSA) is 79.0 Å². The van der Waals surface area contributed by atoms with Crippen molar-refractivity contribution >= 4 is 34.0 Å². The number of nitrogens with one attached hydrogen (secondary N) is 1. The van der Waals surface area contributed by atoms with Gasteiger partial charge in [-0.25, -0.2) is 4.79 Å². The van der Waals surface area contributed by atoms with Crippen LogP contribution in [0.1, 0.15) is 52.3 Å². The Morgan fingerprint density at radius 2 is 1.81 bits per heavy atom. The van der Waals surface area contributed by atoms with Gasteiger partial charge in [-0.3, -0.25) is 14.5 Å². The van der Waals surface area contributed by atoms with E-state index in [2.05, 4.69) is 22.0 Å². The van der Waals surface area contributed by atoms with Gasteiger partial charge < -0.3 is 15.0 Å². The predicted octanol–water partition coefficient (Wildman–Crippen LogP) is 2.02. The minimum Gasteiger partial charge on any atom is -0.462 e. The zero-order valence-corrected chi connectivity index (χ0v) is 16.8. The Kier molecular flexibility index (Phi) is 6.62. The monoisotopic (exact) mass is 393 g/mol.